The number of nitrogens with two attached hydrogens (primary N) is 1. The number of halogens is 1. The smallest absolute Gasteiger partial charge is 0.219 e. The fourth-order valence-electron chi connectivity index (χ4n) is 3.24. The summed E-state index contributed by atoms with van der Waals surface area (Å²) < 4.78 is 19.2. The van der Waals surface area contributed by atoms with E-state index in [4.69, 9.17) is 10.5 Å². The first-order chi connectivity index (χ1) is 9.04. The second-order valence-corrected chi connectivity index (χ2v) is 5.32. The number of likely N-dealkylation sites (tertiary alicyclic amines) is 1. The molecule has 1 heterocycles. The van der Waals surface area contributed by atoms with Gasteiger partial charge in [0, 0.05) is 37.1 Å². The van der Waals surface area contributed by atoms with Crippen LogP contribution in [0.25, 0.3) is 0 Å². The van der Waals surface area contributed by atoms with Gasteiger partial charge in [-0.1, -0.05) is 6.07 Å². The summed E-state index contributed by atoms with van der Waals surface area (Å²) in [4.78, 5) is 13.4. The molecule has 1 aromatic carbocycles. The van der Waals surface area contributed by atoms with Gasteiger partial charge in [-0.05, 0) is 12.0 Å². The second-order valence-electron chi connectivity index (χ2n) is 5.32. The van der Waals surface area contributed by atoms with Crippen LogP contribution in [0.3, 0.4) is 0 Å². The maximum atomic E-state index is 14.2. The van der Waals surface area contributed by atoms with Crippen molar-refractivity contribution in [2.75, 3.05) is 13.7 Å². The highest BCUT2D eigenvalue weighted by molar-refractivity contribution is 5.75. The summed E-state index contributed by atoms with van der Waals surface area (Å²) in [5.74, 6) is 0.613. The number of piperidine rings is 1. The van der Waals surface area contributed by atoms with Gasteiger partial charge in [0.15, 0.2) is 0 Å². The van der Waals surface area contributed by atoms with Crippen molar-refractivity contribution in [2.45, 2.75) is 19.0 Å². The Kier molecular flexibility index (Phi) is 2.74. The SMILES string of the molecule is COc1ccc(C2C3C(N)C3CN2C(C)=O)c(F)c1. The number of rotatable bonds is 2. The molecular weight excluding hydrogens is 247 g/mol. The third kappa shape index (κ3) is 1.80. The number of carbonyl (C=O) groups excluding carboxylic acids is 1. The molecule has 4 atom stereocenters. The van der Waals surface area contributed by atoms with E-state index >= 15 is 0 Å². The number of amides is 1. The minimum Gasteiger partial charge on any atom is -0.497 e. The molecule has 1 aliphatic carbocycles. The highest BCUT2D eigenvalue weighted by Crippen LogP contribution is 2.55. The summed E-state index contributed by atoms with van der Waals surface area (Å²) in [6, 6.07) is 4.63. The van der Waals surface area contributed by atoms with Gasteiger partial charge in [0.2, 0.25) is 5.91 Å². The van der Waals surface area contributed by atoms with Crippen molar-refractivity contribution in [1.82, 2.24) is 4.90 Å². The van der Waals surface area contributed by atoms with Gasteiger partial charge in [-0.25, -0.2) is 4.39 Å². The average Bonchev–Trinajstić information content (AvgIpc) is 2.85. The number of fused-ring (bicyclic) bond motifs is 1. The third-order valence-corrected chi connectivity index (χ3v) is 4.33. The fraction of sp³-hybridized carbons (Fsp3) is 0.500. The molecule has 1 aromatic rings. The van der Waals surface area contributed by atoms with Crippen LogP contribution in [0.15, 0.2) is 18.2 Å². The maximum Gasteiger partial charge on any atom is 0.219 e. The number of carbonyl (C=O) groups is 1. The van der Waals surface area contributed by atoms with E-state index in [-0.39, 0.29) is 29.7 Å². The van der Waals surface area contributed by atoms with Crippen molar-refractivity contribution in [3.63, 3.8) is 0 Å². The number of hydrogen-bond donors (Lipinski definition) is 1. The first-order valence-corrected chi connectivity index (χ1v) is 6.41. The molecule has 0 bridgehead atoms. The molecular formula is C14H17FN2O2. The topological polar surface area (TPSA) is 55.6 Å². The minimum atomic E-state index is -0.338. The van der Waals surface area contributed by atoms with Crippen molar-refractivity contribution in [3.8, 4) is 5.75 Å². The molecule has 1 aliphatic heterocycles. The lowest BCUT2D eigenvalue weighted by Gasteiger charge is -2.28. The van der Waals surface area contributed by atoms with Gasteiger partial charge in [0.1, 0.15) is 11.6 Å². The summed E-state index contributed by atoms with van der Waals surface area (Å²) in [6.07, 6.45) is 0. The summed E-state index contributed by atoms with van der Waals surface area (Å²) >= 11 is 0. The van der Waals surface area contributed by atoms with E-state index < -0.39 is 0 Å². The zero-order valence-corrected chi connectivity index (χ0v) is 11.0. The molecule has 5 heteroatoms. The summed E-state index contributed by atoms with van der Waals surface area (Å²) in [5.41, 5.74) is 6.52. The summed E-state index contributed by atoms with van der Waals surface area (Å²) in [5, 5.41) is 0. The van der Waals surface area contributed by atoms with E-state index in [2.05, 4.69) is 0 Å². The first-order valence-electron chi connectivity index (χ1n) is 6.41. The quantitative estimate of drug-likeness (QED) is 0.876. The van der Waals surface area contributed by atoms with Crippen LogP contribution in [0.4, 0.5) is 4.39 Å². The highest BCUT2D eigenvalue weighted by Gasteiger charge is 2.61. The van der Waals surface area contributed by atoms with Crippen molar-refractivity contribution in [3.05, 3.63) is 29.6 Å². The Morgan fingerprint density at radius 3 is 2.84 bits per heavy atom. The molecule has 2 aliphatic rings. The van der Waals surface area contributed by atoms with Crippen LogP contribution in [-0.4, -0.2) is 30.5 Å². The van der Waals surface area contributed by atoms with Crippen LogP contribution < -0.4 is 10.5 Å². The van der Waals surface area contributed by atoms with Crippen LogP contribution >= 0.6 is 0 Å². The predicted molar refractivity (Wildman–Crippen MR) is 68.0 cm³/mol. The molecule has 1 saturated carbocycles. The molecule has 0 radical (unpaired) electrons. The molecule has 4 nitrogen and oxygen atoms in total. The number of hydrogen-bond acceptors (Lipinski definition) is 3. The van der Waals surface area contributed by atoms with E-state index in [0.29, 0.717) is 23.8 Å². The molecule has 19 heavy (non-hydrogen) atoms. The molecule has 3 rings (SSSR count). The van der Waals surface area contributed by atoms with Crippen molar-refractivity contribution < 1.29 is 13.9 Å². The van der Waals surface area contributed by atoms with Crippen molar-refractivity contribution in [2.24, 2.45) is 17.6 Å². The molecule has 0 aromatic heterocycles. The van der Waals surface area contributed by atoms with E-state index in [9.17, 15) is 9.18 Å². The Morgan fingerprint density at radius 2 is 2.26 bits per heavy atom. The minimum absolute atomic E-state index is 0.0281. The number of benzene rings is 1. The molecule has 1 amide bonds. The van der Waals surface area contributed by atoms with Crippen molar-refractivity contribution >= 4 is 5.91 Å². The van der Waals surface area contributed by atoms with Crippen molar-refractivity contribution in [1.29, 1.82) is 0 Å². The van der Waals surface area contributed by atoms with E-state index in [1.54, 1.807) is 17.0 Å². The van der Waals surface area contributed by atoms with E-state index in [0.717, 1.165) is 0 Å². The zero-order valence-electron chi connectivity index (χ0n) is 11.0. The van der Waals surface area contributed by atoms with Crippen LogP contribution in [0.2, 0.25) is 0 Å². The van der Waals surface area contributed by atoms with E-state index in [1.807, 2.05) is 0 Å². The Bertz CT molecular complexity index is 534. The standard InChI is InChI=1S/C14H17FN2O2/c1-7(18)17-6-10-12(13(10)16)14(17)9-4-3-8(19-2)5-11(9)15/h3-5,10,12-14H,6,16H2,1-2H3. The molecule has 1 saturated heterocycles. The summed E-state index contributed by atoms with van der Waals surface area (Å²) in [7, 11) is 1.50. The molecule has 102 valence electrons. The van der Waals surface area contributed by atoms with Gasteiger partial charge in [-0.15, -0.1) is 0 Å². The van der Waals surface area contributed by atoms with Gasteiger partial charge >= 0.3 is 0 Å². The third-order valence-electron chi connectivity index (χ3n) is 4.33. The van der Waals surface area contributed by atoms with Crippen LogP contribution in [0.1, 0.15) is 18.5 Å². The van der Waals surface area contributed by atoms with Gasteiger partial charge in [0.25, 0.3) is 0 Å². The number of ether oxygens (including phenoxy) is 1. The largest absolute Gasteiger partial charge is 0.497 e. The Labute approximate surface area is 111 Å². The van der Waals surface area contributed by atoms with Crippen LogP contribution in [0, 0.1) is 17.7 Å². The van der Waals surface area contributed by atoms with Crippen LogP contribution in [-0.2, 0) is 4.79 Å². The molecule has 0 spiro atoms. The predicted octanol–water partition coefficient (Wildman–Crippen LogP) is 1.31. The monoisotopic (exact) mass is 264 g/mol. The normalized spacial score (nSPS) is 32.1. The second kappa shape index (κ2) is 4.20. The molecule has 2 fully saturated rings. The van der Waals surface area contributed by atoms with E-state index in [1.165, 1.54) is 20.1 Å². The van der Waals surface area contributed by atoms with Gasteiger partial charge in [0.05, 0.1) is 13.2 Å². The van der Waals surface area contributed by atoms with Crippen LogP contribution in [0.5, 0.6) is 5.75 Å². The lowest BCUT2D eigenvalue weighted by molar-refractivity contribution is -0.130. The van der Waals surface area contributed by atoms with Gasteiger partial charge < -0.3 is 15.4 Å². The molecule has 2 N–H and O–H groups in total. The first kappa shape index (κ1) is 12.4. The lowest BCUT2D eigenvalue weighted by Crippen LogP contribution is -2.35. The highest BCUT2D eigenvalue weighted by atomic mass is 19.1. The Morgan fingerprint density at radius 1 is 1.53 bits per heavy atom. The average molecular weight is 264 g/mol. The Balaban J connectivity index is 1.97. The molecule has 4 unspecified atom stereocenters. The zero-order chi connectivity index (χ0) is 13.7. The fourth-order valence-corrected chi connectivity index (χ4v) is 3.24. The Hall–Kier alpha value is -1.62. The number of methoxy groups -OCH3 is 1. The van der Waals surface area contributed by atoms with Gasteiger partial charge in [-0.2, -0.15) is 0 Å². The maximum absolute atomic E-state index is 14.2. The summed E-state index contributed by atoms with van der Waals surface area (Å²) in [6.45, 7) is 2.15. The van der Waals surface area contributed by atoms with Gasteiger partial charge in [-0.3, -0.25) is 4.79 Å². The lowest BCUT2D eigenvalue weighted by atomic mass is 10.0. The number of nitrogens with zero attached hydrogens (tertiary/aromatic N) is 1.